The van der Waals surface area contributed by atoms with E-state index in [-0.39, 0.29) is 5.82 Å². The second kappa shape index (κ2) is 10.4. The highest BCUT2D eigenvalue weighted by Gasteiger charge is 2.05. The van der Waals surface area contributed by atoms with Gasteiger partial charge in [-0.3, -0.25) is 0 Å². The molecule has 0 spiro atoms. The van der Waals surface area contributed by atoms with Gasteiger partial charge in [0, 0.05) is 16.7 Å². The Morgan fingerprint density at radius 2 is 1.38 bits per heavy atom. The molecule has 0 N–H and O–H groups in total. The molecule has 0 aliphatic carbocycles. The maximum absolute atomic E-state index is 14.3. The van der Waals surface area contributed by atoms with Crippen LogP contribution in [0.4, 0.5) is 4.39 Å². The predicted octanol–water partition coefficient (Wildman–Crippen LogP) is 7.35. The second-order valence-corrected chi connectivity index (χ2v) is 7.11. The SMILES string of the molecule is CC/C=C/CCc1ccc(C#Cc2ccc(-c3ccc(CC)cc3F)cc2)cc1. The fraction of sp³-hybridized carbons (Fsp3) is 0.214. The highest BCUT2D eigenvalue weighted by Crippen LogP contribution is 2.24. The normalized spacial score (nSPS) is 10.7. The third-order valence-electron chi connectivity index (χ3n) is 4.94. The molecule has 0 aliphatic rings. The fourth-order valence-electron chi connectivity index (χ4n) is 3.18. The Kier molecular flexibility index (Phi) is 7.42. The van der Waals surface area contributed by atoms with E-state index in [1.165, 1.54) is 5.56 Å². The maximum Gasteiger partial charge on any atom is 0.131 e. The van der Waals surface area contributed by atoms with Gasteiger partial charge in [0.2, 0.25) is 0 Å². The van der Waals surface area contributed by atoms with Crippen LogP contribution in [0.15, 0.2) is 78.9 Å². The first-order valence-electron chi connectivity index (χ1n) is 10.3. The largest absolute Gasteiger partial charge is 0.206 e. The number of allylic oxidation sites excluding steroid dienone is 2. The van der Waals surface area contributed by atoms with Gasteiger partial charge in [0.25, 0.3) is 0 Å². The van der Waals surface area contributed by atoms with Crippen molar-refractivity contribution in [3.05, 3.63) is 107 Å². The molecular formula is C28H27F. The summed E-state index contributed by atoms with van der Waals surface area (Å²) in [5.41, 5.74) is 5.77. The molecule has 0 bridgehead atoms. The molecular weight excluding hydrogens is 355 g/mol. The van der Waals surface area contributed by atoms with Crippen molar-refractivity contribution in [2.24, 2.45) is 0 Å². The molecule has 0 aliphatic heterocycles. The van der Waals surface area contributed by atoms with Crippen LogP contribution in [0.25, 0.3) is 11.1 Å². The van der Waals surface area contributed by atoms with Crippen molar-refractivity contribution in [3.63, 3.8) is 0 Å². The first-order valence-corrected chi connectivity index (χ1v) is 10.3. The lowest BCUT2D eigenvalue weighted by atomic mass is 10.0. The Bertz CT molecular complexity index is 1010. The average molecular weight is 383 g/mol. The summed E-state index contributed by atoms with van der Waals surface area (Å²) in [6, 6.07) is 21.7. The van der Waals surface area contributed by atoms with E-state index in [1.807, 2.05) is 43.3 Å². The molecule has 146 valence electrons. The summed E-state index contributed by atoms with van der Waals surface area (Å²) in [5, 5.41) is 0. The van der Waals surface area contributed by atoms with Crippen molar-refractivity contribution in [1.29, 1.82) is 0 Å². The lowest BCUT2D eigenvalue weighted by molar-refractivity contribution is 0.629. The van der Waals surface area contributed by atoms with Crippen LogP contribution in [0.1, 0.15) is 48.9 Å². The van der Waals surface area contributed by atoms with E-state index < -0.39 is 0 Å². The van der Waals surface area contributed by atoms with Crippen LogP contribution in [0.3, 0.4) is 0 Å². The van der Waals surface area contributed by atoms with Gasteiger partial charge in [-0.05, 0) is 72.7 Å². The van der Waals surface area contributed by atoms with Gasteiger partial charge >= 0.3 is 0 Å². The number of hydrogen-bond donors (Lipinski definition) is 0. The quantitative estimate of drug-likeness (QED) is 0.309. The fourth-order valence-corrected chi connectivity index (χ4v) is 3.18. The summed E-state index contributed by atoms with van der Waals surface area (Å²) in [5.74, 6) is 6.24. The maximum atomic E-state index is 14.3. The smallest absolute Gasteiger partial charge is 0.131 e. The van der Waals surface area contributed by atoms with E-state index in [0.29, 0.717) is 5.56 Å². The number of halogens is 1. The van der Waals surface area contributed by atoms with Crippen LogP contribution in [-0.2, 0) is 12.8 Å². The van der Waals surface area contributed by atoms with Gasteiger partial charge < -0.3 is 0 Å². The first kappa shape index (κ1) is 20.6. The molecule has 0 saturated carbocycles. The van der Waals surface area contributed by atoms with E-state index in [4.69, 9.17) is 0 Å². The van der Waals surface area contributed by atoms with Crippen LogP contribution in [0, 0.1) is 17.7 Å². The van der Waals surface area contributed by atoms with Crippen LogP contribution >= 0.6 is 0 Å². The number of rotatable bonds is 6. The Morgan fingerprint density at radius 3 is 1.97 bits per heavy atom. The van der Waals surface area contributed by atoms with Gasteiger partial charge in [0.15, 0.2) is 0 Å². The zero-order valence-electron chi connectivity index (χ0n) is 17.2. The highest BCUT2D eigenvalue weighted by molar-refractivity contribution is 5.65. The van der Waals surface area contributed by atoms with Crippen molar-refractivity contribution in [3.8, 4) is 23.0 Å². The predicted molar refractivity (Wildman–Crippen MR) is 121 cm³/mol. The van der Waals surface area contributed by atoms with Crippen molar-refractivity contribution in [2.45, 2.75) is 39.5 Å². The molecule has 0 unspecified atom stereocenters. The molecule has 3 aromatic rings. The Morgan fingerprint density at radius 1 is 0.759 bits per heavy atom. The van der Waals surface area contributed by atoms with Crippen LogP contribution in [0.2, 0.25) is 0 Å². The third-order valence-corrected chi connectivity index (χ3v) is 4.94. The van der Waals surface area contributed by atoms with Gasteiger partial charge in [0.05, 0.1) is 0 Å². The van der Waals surface area contributed by atoms with Crippen molar-refractivity contribution in [1.82, 2.24) is 0 Å². The van der Waals surface area contributed by atoms with Crippen LogP contribution in [0.5, 0.6) is 0 Å². The zero-order valence-corrected chi connectivity index (χ0v) is 17.2. The summed E-state index contributed by atoms with van der Waals surface area (Å²) >= 11 is 0. The third kappa shape index (κ3) is 5.93. The molecule has 0 amide bonds. The lowest BCUT2D eigenvalue weighted by Crippen LogP contribution is -1.88. The van der Waals surface area contributed by atoms with E-state index in [2.05, 4.69) is 55.2 Å². The summed E-state index contributed by atoms with van der Waals surface area (Å²) < 4.78 is 14.3. The Balaban J connectivity index is 1.66. The molecule has 0 heterocycles. The first-order chi connectivity index (χ1) is 14.2. The monoisotopic (exact) mass is 382 g/mol. The summed E-state index contributed by atoms with van der Waals surface area (Å²) in [6.45, 7) is 4.18. The summed E-state index contributed by atoms with van der Waals surface area (Å²) in [7, 11) is 0. The molecule has 3 rings (SSSR count). The molecule has 0 radical (unpaired) electrons. The standard InChI is InChI=1S/C28H27F/c1-3-5-6-7-8-23-9-11-24(12-10-23)13-14-25-15-18-26(19-16-25)27-20-17-22(4-2)21-28(27)29/h5-6,9-12,15-21H,3-4,7-8H2,1-2H3/b6-5+. The van der Waals surface area contributed by atoms with Crippen molar-refractivity contribution in [2.75, 3.05) is 0 Å². The minimum Gasteiger partial charge on any atom is -0.206 e. The Hall–Kier alpha value is -3.11. The lowest BCUT2D eigenvalue weighted by Gasteiger charge is -2.05. The van der Waals surface area contributed by atoms with Crippen molar-refractivity contribution < 1.29 is 4.39 Å². The van der Waals surface area contributed by atoms with E-state index in [9.17, 15) is 4.39 Å². The summed E-state index contributed by atoms with van der Waals surface area (Å²) in [4.78, 5) is 0. The van der Waals surface area contributed by atoms with E-state index >= 15 is 0 Å². The Labute approximate surface area is 174 Å². The molecule has 0 saturated heterocycles. The van der Waals surface area contributed by atoms with Gasteiger partial charge in [-0.15, -0.1) is 0 Å². The molecule has 0 aromatic heterocycles. The molecule has 3 aromatic carbocycles. The minimum absolute atomic E-state index is 0.173. The van der Waals surface area contributed by atoms with Gasteiger partial charge in [-0.2, -0.15) is 0 Å². The molecule has 0 atom stereocenters. The van der Waals surface area contributed by atoms with Crippen LogP contribution < -0.4 is 0 Å². The highest BCUT2D eigenvalue weighted by atomic mass is 19.1. The molecule has 1 heteroatoms. The molecule has 29 heavy (non-hydrogen) atoms. The average Bonchev–Trinajstić information content (AvgIpc) is 2.76. The minimum atomic E-state index is -0.173. The number of aryl methyl sites for hydroxylation is 2. The van der Waals surface area contributed by atoms with Gasteiger partial charge in [-0.25, -0.2) is 4.39 Å². The van der Waals surface area contributed by atoms with Gasteiger partial charge in [0.1, 0.15) is 5.82 Å². The second-order valence-electron chi connectivity index (χ2n) is 7.11. The zero-order chi connectivity index (χ0) is 20.5. The molecule has 0 fully saturated rings. The molecule has 0 nitrogen and oxygen atoms in total. The van der Waals surface area contributed by atoms with E-state index in [0.717, 1.165) is 47.9 Å². The number of benzene rings is 3. The van der Waals surface area contributed by atoms with Gasteiger partial charge in [-0.1, -0.05) is 74.2 Å². The van der Waals surface area contributed by atoms with E-state index in [1.54, 1.807) is 6.07 Å². The topological polar surface area (TPSA) is 0 Å². The van der Waals surface area contributed by atoms with Crippen LogP contribution in [-0.4, -0.2) is 0 Å². The summed E-state index contributed by atoms with van der Waals surface area (Å²) in [6.07, 6.45) is 8.51. The van der Waals surface area contributed by atoms with Crippen molar-refractivity contribution >= 4 is 0 Å². The number of hydrogen-bond acceptors (Lipinski definition) is 0.